The van der Waals surface area contributed by atoms with E-state index in [-0.39, 0.29) is 11.6 Å². The molecule has 6 nitrogen and oxygen atoms in total. The van der Waals surface area contributed by atoms with Crippen molar-refractivity contribution in [1.29, 1.82) is 0 Å². The molecule has 5 rings (SSSR count). The average Bonchev–Trinajstić information content (AvgIpc) is 3.39. The van der Waals surface area contributed by atoms with Crippen LogP contribution in [-0.4, -0.2) is 31.3 Å². The van der Waals surface area contributed by atoms with Crippen LogP contribution in [0, 0.1) is 0 Å². The lowest BCUT2D eigenvalue weighted by molar-refractivity contribution is 0.137. The molecule has 0 radical (unpaired) electrons. The lowest BCUT2D eigenvalue weighted by Gasteiger charge is -2.19. The van der Waals surface area contributed by atoms with E-state index in [1.54, 1.807) is 12.1 Å². The summed E-state index contributed by atoms with van der Waals surface area (Å²) in [6, 6.07) is 19.0. The summed E-state index contributed by atoms with van der Waals surface area (Å²) >= 11 is 6.53. The molecule has 5 aromatic rings. The van der Waals surface area contributed by atoms with Gasteiger partial charge >= 0.3 is 0 Å². The molecule has 0 bridgehead atoms. The van der Waals surface area contributed by atoms with Gasteiger partial charge in [0.2, 0.25) is 5.82 Å². The number of nitrogens with one attached hydrogen (secondary N) is 2. The number of alkyl halides is 2. The number of aromatic amines is 1. The van der Waals surface area contributed by atoms with Gasteiger partial charge in [0.25, 0.3) is 6.43 Å². The van der Waals surface area contributed by atoms with Crippen molar-refractivity contribution in [3.05, 3.63) is 88.8 Å². The fourth-order valence-corrected chi connectivity index (χ4v) is 4.04. The van der Waals surface area contributed by atoms with Crippen molar-refractivity contribution in [2.24, 2.45) is 0 Å². The third-order valence-corrected chi connectivity index (χ3v) is 5.59. The molecule has 0 aliphatic carbocycles. The number of aromatic nitrogens is 5. The van der Waals surface area contributed by atoms with E-state index in [1.807, 2.05) is 48.7 Å². The van der Waals surface area contributed by atoms with E-state index >= 15 is 0 Å². The first-order chi connectivity index (χ1) is 15.1. The Kier molecular flexibility index (Phi) is 4.99. The second-order valence-electron chi connectivity index (χ2n) is 7.09. The summed E-state index contributed by atoms with van der Waals surface area (Å²) in [4.78, 5) is 3.31. The van der Waals surface area contributed by atoms with Gasteiger partial charge in [0.05, 0.1) is 0 Å². The zero-order valence-corrected chi connectivity index (χ0v) is 16.9. The summed E-state index contributed by atoms with van der Waals surface area (Å²) in [6.07, 6.45) is -0.786. The Hall–Kier alpha value is -3.52. The van der Waals surface area contributed by atoms with Crippen molar-refractivity contribution in [3.8, 4) is 0 Å². The Bertz CT molecular complexity index is 1360. The number of H-pyrrole nitrogens is 1. The first kappa shape index (κ1) is 19.4. The first-order valence-electron chi connectivity index (χ1n) is 9.66. The quantitative estimate of drug-likeness (QED) is 0.370. The van der Waals surface area contributed by atoms with Crippen LogP contribution in [0.15, 0.2) is 66.9 Å². The molecule has 3 aromatic heterocycles. The molecular formula is C22H17ClF2N6. The molecule has 0 amide bonds. The van der Waals surface area contributed by atoms with Crippen LogP contribution in [-0.2, 0) is 0 Å². The molecule has 0 aliphatic heterocycles. The van der Waals surface area contributed by atoms with Crippen LogP contribution < -0.4 is 5.32 Å². The highest BCUT2D eigenvalue weighted by molar-refractivity contribution is 6.31. The van der Waals surface area contributed by atoms with E-state index in [4.69, 9.17) is 11.6 Å². The number of halogens is 3. The Morgan fingerprint density at radius 2 is 1.77 bits per heavy atom. The van der Waals surface area contributed by atoms with Crippen molar-refractivity contribution >= 4 is 34.0 Å². The monoisotopic (exact) mass is 438 g/mol. The van der Waals surface area contributed by atoms with Crippen molar-refractivity contribution in [3.63, 3.8) is 0 Å². The molecule has 0 fully saturated rings. The van der Waals surface area contributed by atoms with Crippen LogP contribution in [0.2, 0.25) is 5.02 Å². The smallest absolute Gasteiger partial charge is 0.299 e. The van der Waals surface area contributed by atoms with Crippen molar-refractivity contribution in [2.75, 3.05) is 11.9 Å². The van der Waals surface area contributed by atoms with Gasteiger partial charge in [-0.05, 0) is 35.4 Å². The number of benzene rings is 2. The number of fused-ring (bicyclic) bond motifs is 2. The molecular weight excluding hydrogens is 422 g/mol. The third-order valence-electron chi connectivity index (χ3n) is 5.25. The van der Waals surface area contributed by atoms with Crippen molar-refractivity contribution in [2.45, 2.75) is 12.3 Å². The molecule has 3 heterocycles. The maximum absolute atomic E-state index is 13.2. The summed E-state index contributed by atoms with van der Waals surface area (Å²) < 4.78 is 27.4. The number of anilines is 1. The molecule has 2 N–H and O–H groups in total. The number of hydrogen-bond donors (Lipinski definition) is 2. The summed E-state index contributed by atoms with van der Waals surface area (Å²) in [5, 5.41) is 16.5. The van der Waals surface area contributed by atoms with Gasteiger partial charge in [0.1, 0.15) is 5.82 Å². The maximum atomic E-state index is 13.2. The van der Waals surface area contributed by atoms with Gasteiger partial charge in [-0.3, -0.25) is 0 Å². The molecule has 1 unspecified atom stereocenters. The van der Waals surface area contributed by atoms with Crippen LogP contribution in [0.4, 0.5) is 14.6 Å². The molecule has 0 saturated carbocycles. The van der Waals surface area contributed by atoms with Crippen LogP contribution in [0.5, 0.6) is 0 Å². The van der Waals surface area contributed by atoms with Crippen molar-refractivity contribution < 1.29 is 8.78 Å². The van der Waals surface area contributed by atoms with Crippen LogP contribution in [0.3, 0.4) is 0 Å². The number of para-hydroxylation sites is 1. The molecule has 0 saturated heterocycles. The number of rotatable bonds is 6. The highest BCUT2D eigenvalue weighted by atomic mass is 35.5. The van der Waals surface area contributed by atoms with E-state index in [0.29, 0.717) is 17.4 Å². The van der Waals surface area contributed by atoms with E-state index in [0.717, 1.165) is 26.5 Å². The lowest BCUT2D eigenvalue weighted by Crippen LogP contribution is -2.16. The van der Waals surface area contributed by atoms with Gasteiger partial charge < -0.3 is 10.3 Å². The highest BCUT2D eigenvalue weighted by Crippen LogP contribution is 2.34. The Labute approximate surface area is 180 Å². The minimum Gasteiger partial charge on any atom is -0.368 e. The minimum atomic E-state index is -2.76. The first-order valence-corrected chi connectivity index (χ1v) is 10.0. The summed E-state index contributed by atoms with van der Waals surface area (Å²) in [5.41, 5.74) is 3.33. The van der Waals surface area contributed by atoms with Crippen LogP contribution in [0.1, 0.15) is 29.3 Å². The van der Waals surface area contributed by atoms with Gasteiger partial charge in [0.15, 0.2) is 5.65 Å². The Morgan fingerprint density at radius 1 is 0.968 bits per heavy atom. The predicted molar refractivity (Wildman–Crippen MR) is 116 cm³/mol. The molecule has 0 aliphatic rings. The fourth-order valence-electron chi connectivity index (χ4n) is 3.77. The molecule has 156 valence electrons. The summed E-state index contributed by atoms with van der Waals surface area (Å²) in [5.74, 6) is -0.151. The molecule has 2 aromatic carbocycles. The molecule has 1 atom stereocenters. The predicted octanol–water partition coefficient (Wildman–Crippen LogP) is 5.44. The Morgan fingerprint density at radius 3 is 2.61 bits per heavy atom. The zero-order valence-electron chi connectivity index (χ0n) is 16.1. The third kappa shape index (κ3) is 3.59. The van der Waals surface area contributed by atoms with Gasteiger partial charge in [0, 0.05) is 34.6 Å². The van der Waals surface area contributed by atoms with Gasteiger partial charge in [-0.2, -0.15) is 4.52 Å². The average molecular weight is 439 g/mol. The number of hydrogen-bond acceptors (Lipinski definition) is 4. The minimum absolute atomic E-state index is 0.0992. The fraction of sp³-hybridized carbons (Fsp3) is 0.136. The zero-order chi connectivity index (χ0) is 21.4. The molecule has 9 heteroatoms. The van der Waals surface area contributed by atoms with E-state index in [2.05, 4.69) is 31.7 Å². The Balaban J connectivity index is 1.52. The lowest BCUT2D eigenvalue weighted by atomic mass is 9.91. The van der Waals surface area contributed by atoms with Crippen LogP contribution in [0.25, 0.3) is 16.6 Å². The molecule has 31 heavy (non-hydrogen) atoms. The van der Waals surface area contributed by atoms with E-state index in [1.165, 1.54) is 0 Å². The van der Waals surface area contributed by atoms with Gasteiger partial charge in [-0.15, -0.1) is 15.3 Å². The van der Waals surface area contributed by atoms with Crippen LogP contribution >= 0.6 is 11.6 Å². The van der Waals surface area contributed by atoms with Crippen molar-refractivity contribution in [1.82, 2.24) is 24.8 Å². The summed E-state index contributed by atoms with van der Waals surface area (Å²) in [7, 11) is 0. The largest absolute Gasteiger partial charge is 0.368 e. The SMILES string of the molecule is FC(F)c1nnc2ccc(NCC(c3ccccc3Cl)c3c[nH]c4ccccc34)nn12. The topological polar surface area (TPSA) is 70.9 Å². The van der Waals surface area contributed by atoms with E-state index in [9.17, 15) is 8.78 Å². The molecule has 0 spiro atoms. The maximum Gasteiger partial charge on any atom is 0.299 e. The van der Waals surface area contributed by atoms with Gasteiger partial charge in [-0.1, -0.05) is 48.0 Å². The number of nitrogens with zero attached hydrogens (tertiary/aromatic N) is 4. The summed E-state index contributed by atoms with van der Waals surface area (Å²) in [6.45, 7) is 0.455. The second-order valence-corrected chi connectivity index (χ2v) is 7.50. The highest BCUT2D eigenvalue weighted by Gasteiger charge is 2.21. The standard InChI is InChI=1S/C22H17ClF2N6/c23-17-7-3-1-5-13(17)15(16-11-26-18-8-4-2-6-14(16)18)12-27-19-9-10-20-28-29-22(21(24)25)31(20)30-19/h1-11,15,21,26H,12H2,(H,27,30). The van der Waals surface area contributed by atoms with Gasteiger partial charge in [-0.25, -0.2) is 8.78 Å². The normalized spacial score (nSPS) is 12.6. The van der Waals surface area contributed by atoms with E-state index < -0.39 is 12.2 Å². The second kappa shape index (κ2) is 7.96.